The van der Waals surface area contributed by atoms with Crippen LogP contribution >= 0.6 is 11.6 Å². The van der Waals surface area contributed by atoms with Crippen molar-refractivity contribution in [2.75, 3.05) is 13.1 Å². The molecule has 1 heterocycles. The van der Waals surface area contributed by atoms with Crippen LogP contribution in [0.1, 0.15) is 12.0 Å². The summed E-state index contributed by atoms with van der Waals surface area (Å²) in [5.41, 5.74) is 0.423. The van der Waals surface area contributed by atoms with Gasteiger partial charge in [0.05, 0.1) is 21.4 Å². The lowest BCUT2D eigenvalue weighted by molar-refractivity contribution is -0.385. The summed E-state index contributed by atoms with van der Waals surface area (Å²) in [5.74, 6) is -1.22. The molecule has 1 unspecified atom stereocenters. The highest BCUT2D eigenvalue weighted by Crippen LogP contribution is 2.29. The SMILES string of the molecule is O=C(O)C1CCN(Cc2c(Cl)cccc2[N+](=O)[O-])C1. The number of rotatable bonds is 4. The zero-order chi connectivity index (χ0) is 14.0. The fourth-order valence-corrected chi connectivity index (χ4v) is 2.51. The second kappa shape index (κ2) is 5.54. The Morgan fingerprint density at radius 2 is 2.32 bits per heavy atom. The fraction of sp³-hybridized carbons (Fsp3) is 0.417. The number of likely N-dealkylation sites (tertiary alicyclic amines) is 1. The molecule has 1 saturated heterocycles. The minimum absolute atomic E-state index is 0.0220. The minimum Gasteiger partial charge on any atom is -0.481 e. The first-order valence-electron chi connectivity index (χ1n) is 5.86. The number of aliphatic carboxylic acids is 1. The molecule has 1 atom stereocenters. The maximum absolute atomic E-state index is 11.0. The van der Waals surface area contributed by atoms with Crippen LogP contribution in [0, 0.1) is 16.0 Å². The van der Waals surface area contributed by atoms with E-state index in [1.54, 1.807) is 6.07 Å². The first kappa shape index (κ1) is 13.8. The second-order valence-corrected chi connectivity index (χ2v) is 4.96. The van der Waals surface area contributed by atoms with Crippen LogP contribution in [0.2, 0.25) is 5.02 Å². The number of hydrogen-bond donors (Lipinski definition) is 1. The molecule has 102 valence electrons. The van der Waals surface area contributed by atoms with Gasteiger partial charge >= 0.3 is 5.97 Å². The van der Waals surface area contributed by atoms with Gasteiger partial charge in [-0.1, -0.05) is 17.7 Å². The standard InChI is InChI=1S/C12H13ClN2O4/c13-10-2-1-3-11(15(18)19)9(10)7-14-5-4-8(6-14)12(16)17/h1-3,8H,4-7H2,(H,16,17). The molecule has 0 saturated carbocycles. The van der Waals surface area contributed by atoms with E-state index in [9.17, 15) is 14.9 Å². The van der Waals surface area contributed by atoms with E-state index in [1.807, 2.05) is 4.90 Å². The van der Waals surface area contributed by atoms with E-state index >= 15 is 0 Å². The summed E-state index contributed by atoms with van der Waals surface area (Å²) in [6.45, 7) is 1.32. The number of carboxylic acids is 1. The third-order valence-corrected chi connectivity index (χ3v) is 3.65. The van der Waals surface area contributed by atoms with Gasteiger partial charge in [-0.25, -0.2) is 0 Å². The summed E-state index contributed by atoms with van der Waals surface area (Å²) in [5, 5.41) is 20.2. The van der Waals surface area contributed by atoms with Crippen molar-refractivity contribution < 1.29 is 14.8 Å². The molecule has 0 bridgehead atoms. The van der Waals surface area contributed by atoms with Crippen LogP contribution in [0.3, 0.4) is 0 Å². The van der Waals surface area contributed by atoms with Crippen LogP contribution in [0.25, 0.3) is 0 Å². The maximum Gasteiger partial charge on any atom is 0.307 e. The summed E-state index contributed by atoms with van der Waals surface area (Å²) < 4.78 is 0. The van der Waals surface area contributed by atoms with Gasteiger partial charge in [0.2, 0.25) is 0 Å². The van der Waals surface area contributed by atoms with E-state index in [0.717, 1.165) is 0 Å². The van der Waals surface area contributed by atoms with Crippen molar-refractivity contribution in [3.8, 4) is 0 Å². The molecule has 7 heteroatoms. The number of nitro benzene ring substituents is 1. The van der Waals surface area contributed by atoms with E-state index in [4.69, 9.17) is 16.7 Å². The Hall–Kier alpha value is -1.66. The Labute approximate surface area is 114 Å². The van der Waals surface area contributed by atoms with Gasteiger partial charge < -0.3 is 5.11 Å². The molecule has 19 heavy (non-hydrogen) atoms. The predicted octanol–water partition coefficient (Wildman–Crippen LogP) is 2.15. The van der Waals surface area contributed by atoms with Crippen molar-refractivity contribution in [2.45, 2.75) is 13.0 Å². The van der Waals surface area contributed by atoms with Gasteiger partial charge in [0.25, 0.3) is 5.69 Å². The molecule has 0 aromatic heterocycles. The number of carbonyl (C=O) groups is 1. The van der Waals surface area contributed by atoms with Crippen molar-refractivity contribution in [1.82, 2.24) is 4.90 Å². The molecule has 6 nitrogen and oxygen atoms in total. The second-order valence-electron chi connectivity index (χ2n) is 4.55. The summed E-state index contributed by atoms with van der Waals surface area (Å²) >= 11 is 6.00. The Balaban J connectivity index is 2.16. The summed E-state index contributed by atoms with van der Waals surface area (Å²) in [6.07, 6.45) is 0.563. The molecule has 1 fully saturated rings. The van der Waals surface area contributed by atoms with Crippen molar-refractivity contribution in [3.05, 3.63) is 38.9 Å². The Morgan fingerprint density at radius 1 is 1.58 bits per heavy atom. The lowest BCUT2D eigenvalue weighted by atomic mass is 10.1. The van der Waals surface area contributed by atoms with Gasteiger partial charge in [-0.2, -0.15) is 0 Å². The number of benzene rings is 1. The molecule has 2 rings (SSSR count). The minimum atomic E-state index is -0.823. The topological polar surface area (TPSA) is 83.7 Å². The molecular formula is C12H13ClN2O4. The quantitative estimate of drug-likeness (QED) is 0.676. The van der Waals surface area contributed by atoms with Crippen LogP contribution in [0.5, 0.6) is 0 Å². The fourth-order valence-electron chi connectivity index (χ4n) is 2.28. The van der Waals surface area contributed by atoms with Crippen LogP contribution < -0.4 is 0 Å². The number of halogens is 1. The molecular weight excluding hydrogens is 272 g/mol. The van der Waals surface area contributed by atoms with E-state index < -0.39 is 16.8 Å². The molecule has 0 amide bonds. The van der Waals surface area contributed by atoms with Crippen LogP contribution in [-0.4, -0.2) is 34.0 Å². The molecule has 1 aromatic rings. The predicted molar refractivity (Wildman–Crippen MR) is 69.1 cm³/mol. The monoisotopic (exact) mass is 284 g/mol. The van der Waals surface area contributed by atoms with Gasteiger partial charge in [0.15, 0.2) is 0 Å². The van der Waals surface area contributed by atoms with E-state index in [0.29, 0.717) is 36.6 Å². The number of hydrogen-bond acceptors (Lipinski definition) is 4. The van der Waals surface area contributed by atoms with Gasteiger partial charge in [-0.05, 0) is 19.0 Å². The lowest BCUT2D eigenvalue weighted by Gasteiger charge is -2.16. The van der Waals surface area contributed by atoms with Crippen LogP contribution in [0.4, 0.5) is 5.69 Å². The highest BCUT2D eigenvalue weighted by Gasteiger charge is 2.29. The van der Waals surface area contributed by atoms with Gasteiger partial charge in [0, 0.05) is 19.2 Å². The third kappa shape index (κ3) is 3.02. The van der Waals surface area contributed by atoms with E-state index in [-0.39, 0.29) is 5.69 Å². The number of nitro groups is 1. The zero-order valence-corrected chi connectivity index (χ0v) is 10.8. The van der Waals surface area contributed by atoms with Gasteiger partial charge in [-0.15, -0.1) is 0 Å². The zero-order valence-electron chi connectivity index (χ0n) is 10.1. The molecule has 0 radical (unpaired) electrons. The highest BCUT2D eigenvalue weighted by atomic mass is 35.5. The van der Waals surface area contributed by atoms with Gasteiger partial charge in [0.1, 0.15) is 0 Å². The van der Waals surface area contributed by atoms with Crippen molar-refractivity contribution in [1.29, 1.82) is 0 Å². The highest BCUT2D eigenvalue weighted by molar-refractivity contribution is 6.31. The summed E-state index contributed by atoms with van der Waals surface area (Å²) in [6, 6.07) is 4.55. The smallest absolute Gasteiger partial charge is 0.307 e. The van der Waals surface area contributed by atoms with Crippen LogP contribution in [0.15, 0.2) is 18.2 Å². The van der Waals surface area contributed by atoms with Gasteiger partial charge in [-0.3, -0.25) is 19.8 Å². The summed E-state index contributed by atoms with van der Waals surface area (Å²) in [4.78, 5) is 23.3. The van der Waals surface area contributed by atoms with Crippen molar-refractivity contribution in [2.24, 2.45) is 5.92 Å². The maximum atomic E-state index is 11.0. The van der Waals surface area contributed by atoms with Crippen molar-refractivity contribution >= 4 is 23.3 Å². The molecule has 1 aromatic carbocycles. The molecule has 1 aliphatic heterocycles. The summed E-state index contributed by atoms with van der Waals surface area (Å²) in [7, 11) is 0. The average molecular weight is 285 g/mol. The molecule has 0 spiro atoms. The van der Waals surface area contributed by atoms with E-state index in [2.05, 4.69) is 0 Å². The third-order valence-electron chi connectivity index (χ3n) is 3.29. The molecule has 0 aliphatic carbocycles. The largest absolute Gasteiger partial charge is 0.481 e. The van der Waals surface area contributed by atoms with Crippen LogP contribution in [-0.2, 0) is 11.3 Å². The Bertz CT molecular complexity index is 520. The Morgan fingerprint density at radius 3 is 2.89 bits per heavy atom. The average Bonchev–Trinajstić information content (AvgIpc) is 2.80. The van der Waals surface area contributed by atoms with Crippen molar-refractivity contribution in [3.63, 3.8) is 0 Å². The molecule has 1 N–H and O–H groups in total. The first-order chi connectivity index (χ1) is 8.99. The number of carboxylic acid groups (broad SMARTS) is 1. The lowest BCUT2D eigenvalue weighted by Crippen LogP contribution is -2.23. The first-order valence-corrected chi connectivity index (χ1v) is 6.23. The normalized spacial score (nSPS) is 19.5. The molecule has 1 aliphatic rings. The van der Waals surface area contributed by atoms with E-state index in [1.165, 1.54) is 12.1 Å². The Kier molecular flexibility index (Phi) is 4.01. The number of nitrogens with zero attached hydrogens (tertiary/aromatic N) is 2.